The molecule has 0 bridgehead atoms. The number of carbonyl (C=O) groups excluding carboxylic acids is 1. The molecule has 1 amide bonds. The van der Waals surface area contributed by atoms with Gasteiger partial charge in [-0.05, 0) is 18.4 Å². The lowest BCUT2D eigenvalue weighted by Gasteiger charge is -2.05. The van der Waals surface area contributed by atoms with Crippen molar-refractivity contribution in [1.82, 2.24) is 5.32 Å². The van der Waals surface area contributed by atoms with Crippen LogP contribution in [0.1, 0.15) is 24.0 Å². The molecule has 4 heteroatoms. The molecule has 1 aromatic carbocycles. The first-order valence-electron chi connectivity index (χ1n) is 5.33. The fraction of sp³-hybridized carbons (Fsp3) is 0.333. The van der Waals surface area contributed by atoms with Gasteiger partial charge in [0.2, 0.25) is 5.91 Å². The molecule has 1 saturated carbocycles. The van der Waals surface area contributed by atoms with Gasteiger partial charge in [0, 0.05) is 18.0 Å². The predicted octanol–water partition coefficient (Wildman–Crippen LogP) is 1.35. The fourth-order valence-electron chi connectivity index (χ4n) is 1.47. The van der Waals surface area contributed by atoms with Crippen LogP contribution in [0.4, 0.5) is 0 Å². The Kier molecular flexibility index (Phi) is 3.19. The van der Waals surface area contributed by atoms with Crippen LogP contribution < -0.4 is 11.1 Å². The Morgan fingerprint density at radius 2 is 2.00 bits per heavy atom. The first kappa shape index (κ1) is 11.1. The SMILES string of the molecule is NC(=S)c1ccc(CNC(=O)C2CC2)cc1. The minimum atomic E-state index is 0.165. The zero-order valence-corrected chi connectivity index (χ0v) is 9.72. The first-order chi connectivity index (χ1) is 7.66. The van der Waals surface area contributed by atoms with E-state index in [0.717, 1.165) is 24.0 Å². The van der Waals surface area contributed by atoms with Crippen molar-refractivity contribution < 1.29 is 4.79 Å². The molecular weight excluding hydrogens is 220 g/mol. The van der Waals surface area contributed by atoms with E-state index in [-0.39, 0.29) is 11.8 Å². The molecule has 1 aromatic rings. The molecule has 0 aromatic heterocycles. The van der Waals surface area contributed by atoms with E-state index in [1.54, 1.807) is 0 Å². The molecule has 16 heavy (non-hydrogen) atoms. The maximum Gasteiger partial charge on any atom is 0.223 e. The highest BCUT2D eigenvalue weighted by Gasteiger charge is 2.29. The Balaban J connectivity index is 1.89. The van der Waals surface area contributed by atoms with Crippen molar-refractivity contribution in [2.75, 3.05) is 0 Å². The van der Waals surface area contributed by atoms with Crippen molar-refractivity contribution in [3.8, 4) is 0 Å². The Hall–Kier alpha value is -1.42. The van der Waals surface area contributed by atoms with Crippen LogP contribution in [-0.4, -0.2) is 10.9 Å². The maximum atomic E-state index is 11.4. The number of amides is 1. The number of benzene rings is 1. The van der Waals surface area contributed by atoms with E-state index in [1.807, 2.05) is 24.3 Å². The van der Waals surface area contributed by atoms with Gasteiger partial charge in [-0.2, -0.15) is 0 Å². The van der Waals surface area contributed by atoms with Crippen molar-refractivity contribution in [2.24, 2.45) is 11.7 Å². The highest BCUT2D eigenvalue weighted by molar-refractivity contribution is 7.80. The zero-order valence-electron chi connectivity index (χ0n) is 8.90. The van der Waals surface area contributed by atoms with Crippen molar-refractivity contribution in [1.29, 1.82) is 0 Å². The monoisotopic (exact) mass is 234 g/mol. The van der Waals surface area contributed by atoms with Crippen molar-refractivity contribution in [3.63, 3.8) is 0 Å². The van der Waals surface area contributed by atoms with Gasteiger partial charge >= 0.3 is 0 Å². The van der Waals surface area contributed by atoms with Crippen LogP contribution in [-0.2, 0) is 11.3 Å². The second-order valence-electron chi connectivity index (χ2n) is 4.05. The Bertz CT molecular complexity index is 410. The van der Waals surface area contributed by atoms with Gasteiger partial charge in [-0.15, -0.1) is 0 Å². The topological polar surface area (TPSA) is 55.1 Å². The Morgan fingerprint density at radius 1 is 1.38 bits per heavy atom. The van der Waals surface area contributed by atoms with Gasteiger partial charge in [0.1, 0.15) is 4.99 Å². The lowest BCUT2D eigenvalue weighted by atomic mass is 10.1. The van der Waals surface area contributed by atoms with Crippen LogP contribution in [0.2, 0.25) is 0 Å². The van der Waals surface area contributed by atoms with Crippen LogP contribution in [0, 0.1) is 5.92 Å². The number of hydrogen-bond acceptors (Lipinski definition) is 2. The summed E-state index contributed by atoms with van der Waals surface area (Å²) in [7, 11) is 0. The van der Waals surface area contributed by atoms with E-state index >= 15 is 0 Å². The number of thiocarbonyl (C=S) groups is 1. The lowest BCUT2D eigenvalue weighted by Crippen LogP contribution is -2.24. The van der Waals surface area contributed by atoms with Crippen molar-refractivity contribution >= 4 is 23.1 Å². The smallest absolute Gasteiger partial charge is 0.223 e. The molecule has 1 aliphatic rings. The van der Waals surface area contributed by atoms with E-state index in [4.69, 9.17) is 18.0 Å². The highest BCUT2D eigenvalue weighted by atomic mass is 32.1. The average molecular weight is 234 g/mol. The molecule has 1 aliphatic carbocycles. The van der Waals surface area contributed by atoms with Gasteiger partial charge in [-0.25, -0.2) is 0 Å². The maximum absolute atomic E-state index is 11.4. The van der Waals surface area contributed by atoms with Crippen LogP contribution in [0.15, 0.2) is 24.3 Å². The van der Waals surface area contributed by atoms with Crippen LogP contribution >= 0.6 is 12.2 Å². The molecule has 0 heterocycles. The molecule has 1 fully saturated rings. The molecule has 0 aliphatic heterocycles. The van der Waals surface area contributed by atoms with Gasteiger partial charge in [-0.3, -0.25) is 4.79 Å². The van der Waals surface area contributed by atoms with E-state index in [2.05, 4.69) is 5.32 Å². The molecule has 2 rings (SSSR count). The number of carbonyl (C=O) groups is 1. The molecule has 0 atom stereocenters. The third-order valence-corrected chi connectivity index (χ3v) is 2.89. The number of rotatable bonds is 4. The Morgan fingerprint density at radius 3 is 2.50 bits per heavy atom. The molecule has 0 saturated heterocycles. The van der Waals surface area contributed by atoms with Crippen LogP contribution in [0.3, 0.4) is 0 Å². The summed E-state index contributed by atoms with van der Waals surface area (Å²) in [6, 6.07) is 7.62. The summed E-state index contributed by atoms with van der Waals surface area (Å²) < 4.78 is 0. The summed E-state index contributed by atoms with van der Waals surface area (Å²) in [6.45, 7) is 0.576. The number of hydrogen-bond donors (Lipinski definition) is 2. The lowest BCUT2D eigenvalue weighted by molar-refractivity contribution is -0.122. The minimum absolute atomic E-state index is 0.165. The molecule has 0 spiro atoms. The van der Waals surface area contributed by atoms with Crippen molar-refractivity contribution in [2.45, 2.75) is 19.4 Å². The summed E-state index contributed by atoms with van der Waals surface area (Å²) in [5, 5.41) is 2.91. The van der Waals surface area contributed by atoms with Gasteiger partial charge in [0.05, 0.1) is 0 Å². The zero-order chi connectivity index (χ0) is 11.5. The number of nitrogens with two attached hydrogens (primary N) is 1. The third kappa shape index (κ3) is 2.79. The normalized spacial score (nSPS) is 14.5. The summed E-state index contributed by atoms with van der Waals surface area (Å²) in [4.78, 5) is 11.8. The van der Waals surface area contributed by atoms with Gasteiger partial charge < -0.3 is 11.1 Å². The van der Waals surface area contributed by atoms with Crippen LogP contribution in [0.5, 0.6) is 0 Å². The van der Waals surface area contributed by atoms with Crippen molar-refractivity contribution in [3.05, 3.63) is 35.4 Å². The molecule has 0 unspecified atom stereocenters. The predicted molar refractivity (Wildman–Crippen MR) is 66.9 cm³/mol. The molecule has 84 valence electrons. The van der Waals surface area contributed by atoms with Crippen LogP contribution in [0.25, 0.3) is 0 Å². The minimum Gasteiger partial charge on any atom is -0.389 e. The summed E-state index contributed by atoms with van der Waals surface area (Å²) in [6.07, 6.45) is 2.07. The Labute approximate surface area is 100 Å². The largest absolute Gasteiger partial charge is 0.389 e. The molecule has 0 radical (unpaired) electrons. The van der Waals surface area contributed by atoms with E-state index in [1.165, 1.54) is 0 Å². The summed E-state index contributed by atoms with van der Waals surface area (Å²) in [5.41, 5.74) is 7.41. The standard InChI is InChI=1S/C12H14N2OS/c13-11(16)9-3-1-8(2-4-9)7-14-12(15)10-5-6-10/h1-4,10H,5-7H2,(H2,13,16)(H,14,15). The third-order valence-electron chi connectivity index (χ3n) is 2.65. The molecule has 3 N–H and O–H groups in total. The average Bonchev–Trinajstić information content (AvgIpc) is 3.10. The summed E-state index contributed by atoms with van der Waals surface area (Å²) >= 11 is 4.86. The second kappa shape index (κ2) is 4.61. The first-order valence-corrected chi connectivity index (χ1v) is 5.74. The number of nitrogens with one attached hydrogen (secondary N) is 1. The van der Waals surface area contributed by atoms with Gasteiger partial charge in [-0.1, -0.05) is 36.5 Å². The van der Waals surface area contributed by atoms with E-state index in [0.29, 0.717) is 11.5 Å². The summed E-state index contributed by atoms with van der Waals surface area (Å²) in [5.74, 6) is 0.425. The quantitative estimate of drug-likeness (QED) is 0.773. The van der Waals surface area contributed by atoms with Gasteiger partial charge in [0.25, 0.3) is 0 Å². The molecule has 3 nitrogen and oxygen atoms in total. The molecular formula is C12H14N2OS. The van der Waals surface area contributed by atoms with E-state index < -0.39 is 0 Å². The highest BCUT2D eigenvalue weighted by Crippen LogP contribution is 2.28. The van der Waals surface area contributed by atoms with E-state index in [9.17, 15) is 4.79 Å². The second-order valence-corrected chi connectivity index (χ2v) is 4.49. The fourth-order valence-corrected chi connectivity index (χ4v) is 1.60. The van der Waals surface area contributed by atoms with Gasteiger partial charge in [0.15, 0.2) is 0 Å².